The molecular formula is C30H26F4N4O3. The van der Waals surface area contributed by atoms with E-state index >= 15 is 0 Å². The summed E-state index contributed by atoms with van der Waals surface area (Å²) in [6.45, 7) is 4.76. The van der Waals surface area contributed by atoms with Gasteiger partial charge in [-0.15, -0.1) is 0 Å². The number of alkyl halides is 3. The Labute approximate surface area is 233 Å². The van der Waals surface area contributed by atoms with Crippen LogP contribution in [0.5, 0.6) is 0 Å². The van der Waals surface area contributed by atoms with Crippen LogP contribution in [0.4, 0.5) is 17.6 Å². The minimum absolute atomic E-state index is 0.0159. The van der Waals surface area contributed by atoms with E-state index in [1.807, 2.05) is 25.1 Å². The molecular weight excluding hydrogens is 540 g/mol. The number of halogens is 4. The number of hydrogen-bond donors (Lipinski definition) is 2. The number of carbonyl (C=O) groups is 2. The van der Waals surface area contributed by atoms with E-state index in [0.29, 0.717) is 5.56 Å². The third-order valence-corrected chi connectivity index (χ3v) is 6.40. The standard InChI is InChI=1S/C30H26F4N4O3/c1-16-5-7-17(8-6-16)25-24(27(40)36-4)21-14-19(23(37-28(21)41-25)11-12-30(32,33)34)18-9-10-22(31)20(13-18)26(39)38-29(2,3)15-35/h5-10,13-14H,11-12H2,1-4H3,(H,36,40)(H,38,39). The van der Waals surface area contributed by atoms with Crippen LogP contribution in [0.3, 0.4) is 0 Å². The number of aromatic nitrogens is 1. The van der Waals surface area contributed by atoms with E-state index in [-0.39, 0.29) is 39.2 Å². The fourth-order valence-corrected chi connectivity index (χ4v) is 4.26. The molecule has 4 aromatic rings. The van der Waals surface area contributed by atoms with Crippen LogP contribution in [-0.2, 0) is 6.42 Å². The second kappa shape index (κ2) is 11.0. The Morgan fingerprint density at radius 2 is 1.68 bits per heavy atom. The molecule has 0 bridgehead atoms. The molecule has 0 aliphatic rings. The van der Waals surface area contributed by atoms with Gasteiger partial charge in [0.2, 0.25) is 5.71 Å². The van der Waals surface area contributed by atoms with Gasteiger partial charge in [0.25, 0.3) is 11.8 Å². The highest BCUT2D eigenvalue weighted by molar-refractivity contribution is 6.11. The molecule has 2 heterocycles. The lowest BCUT2D eigenvalue weighted by Gasteiger charge is -2.18. The molecule has 0 radical (unpaired) electrons. The van der Waals surface area contributed by atoms with E-state index in [4.69, 9.17) is 4.42 Å². The summed E-state index contributed by atoms with van der Waals surface area (Å²) in [5.41, 5.74) is 0.236. The Hall–Kier alpha value is -4.72. The number of nitrogens with zero attached hydrogens (tertiary/aromatic N) is 2. The Bertz CT molecular complexity index is 1680. The van der Waals surface area contributed by atoms with Crippen molar-refractivity contribution in [3.63, 3.8) is 0 Å². The van der Waals surface area contributed by atoms with Gasteiger partial charge in [-0.1, -0.05) is 35.9 Å². The van der Waals surface area contributed by atoms with Gasteiger partial charge in [0.1, 0.15) is 17.1 Å². The van der Waals surface area contributed by atoms with Gasteiger partial charge in [0, 0.05) is 24.6 Å². The third-order valence-electron chi connectivity index (χ3n) is 6.40. The van der Waals surface area contributed by atoms with Crippen molar-refractivity contribution >= 4 is 22.9 Å². The van der Waals surface area contributed by atoms with Crippen molar-refractivity contribution < 1.29 is 31.6 Å². The van der Waals surface area contributed by atoms with E-state index < -0.39 is 47.8 Å². The summed E-state index contributed by atoms with van der Waals surface area (Å²) in [4.78, 5) is 30.2. The van der Waals surface area contributed by atoms with Crippen molar-refractivity contribution in [1.29, 1.82) is 5.26 Å². The summed E-state index contributed by atoms with van der Waals surface area (Å²) in [6.07, 6.45) is -6.23. The number of fused-ring (bicyclic) bond motifs is 1. The molecule has 7 nitrogen and oxygen atoms in total. The number of rotatable bonds is 7. The van der Waals surface area contributed by atoms with Crippen LogP contribution < -0.4 is 10.6 Å². The van der Waals surface area contributed by atoms with E-state index in [0.717, 1.165) is 11.6 Å². The lowest BCUT2D eigenvalue weighted by Crippen LogP contribution is -2.42. The minimum atomic E-state index is -4.49. The summed E-state index contributed by atoms with van der Waals surface area (Å²) >= 11 is 0. The Balaban J connectivity index is 1.95. The molecule has 0 aliphatic carbocycles. The lowest BCUT2D eigenvalue weighted by molar-refractivity contribution is -0.134. The average Bonchev–Trinajstić information content (AvgIpc) is 3.29. The summed E-state index contributed by atoms with van der Waals surface area (Å²) in [6, 6.07) is 14.0. The van der Waals surface area contributed by atoms with Crippen molar-refractivity contribution in [2.45, 2.75) is 45.3 Å². The molecule has 0 aliphatic heterocycles. The summed E-state index contributed by atoms with van der Waals surface area (Å²) in [5, 5.41) is 14.4. The zero-order valence-corrected chi connectivity index (χ0v) is 22.7. The van der Waals surface area contributed by atoms with Crippen LogP contribution in [0.25, 0.3) is 33.6 Å². The second-order valence-electron chi connectivity index (χ2n) is 10.1. The molecule has 0 saturated carbocycles. The first kappa shape index (κ1) is 29.3. The number of nitrogens with one attached hydrogen (secondary N) is 2. The Kier molecular flexibility index (Phi) is 7.88. The van der Waals surface area contributed by atoms with Crippen LogP contribution in [-0.4, -0.2) is 35.6 Å². The van der Waals surface area contributed by atoms with Gasteiger partial charge in [0.15, 0.2) is 0 Å². The maximum atomic E-state index is 14.7. The quantitative estimate of drug-likeness (QED) is 0.249. The molecule has 4 rings (SSSR count). The Morgan fingerprint density at radius 1 is 1.02 bits per heavy atom. The number of nitriles is 1. The summed E-state index contributed by atoms with van der Waals surface area (Å²) < 4.78 is 60.4. The fraction of sp³-hybridized carbons (Fsp3) is 0.267. The molecule has 41 heavy (non-hydrogen) atoms. The first-order chi connectivity index (χ1) is 19.2. The molecule has 212 valence electrons. The molecule has 2 amide bonds. The summed E-state index contributed by atoms with van der Waals surface area (Å²) in [5.74, 6) is -2.09. The topological polar surface area (TPSA) is 108 Å². The van der Waals surface area contributed by atoms with E-state index in [1.54, 1.807) is 12.1 Å². The fourth-order valence-electron chi connectivity index (χ4n) is 4.26. The maximum Gasteiger partial charge on any atom is 0.389 e. The highest BCUT2D eigenvalue weighted by atomic mass is 19.4. The zero-order chi connectivity index (χ0) is 30.1. The van der Waals surface area contributed by atoms with Crippen molar-refractivity contribution in [3.05, 3.63) is 76.7 Å². The highest BCUT2D eigenvalue weighted by Gasteiger charge is 2.30. The Morgan fingerprint density at radius 3 is 2.29 bits per heavy atom. The van der Waals surface area contributed by atoms with E-state index in [9.17, 15) is 32.4 Å². The number of amides is 2. The maximum absolute atomic E-state index is 14.7. The van der Waals surface area contributed by atoms with Gasteiger partial charge >= 0.3 is 6.18 Å². The first-order valence-corrected chi connectivity index (χ1v) is 12.6. The molecule has 0 fully saturated rings. The molecule has 11 heteroatoms. The van der Waals surface area contributed by atoms with Gasteiger partial charge in [-0.25, -0.2) is 9.37 Å². The van der Waals surface area contributed by atoms with Crippen LogP contribution in [0.15, 0.2) is 52.9 Å². The third kappa shape index (κ3) is 6.38. The molecule has 2 N–H and O–H groups in total. The number of pyridine rings is 1. The number of hydrogen-bond acceptors (Lipinski definition) is 5. The molecule has 0 unspecified atom stereocenters. The number of furan rings is 1. The van der Waals surface area contributed by atoms with Crippen LogP contribution >= 0.6 is 0 Å². The lowest BCUT2D eigenvalue weighted by atomic mass is 9.96. The highest BCUT2D eigenvalue weighted by Crippen LogP contribution is 2.38. The first-order valence-electron chi connectivity index (χ1n) is 12.6. The van der Waals surface area contributed by atoms with Crippen LogP contribution in [0.1, 0.15) is 52.2 Å². The smallest absolute Gasteiger partial charge is 0.389 e. The van der Waals surface area contributed by atoms with Crippen LogP contribution in [0, 0.1) is 24.1 Å². The van der Waals surface area contributed by atoms with Gasteiger partial charge < -0.3 is 15.1 Å². The average molecular weight is 567 g/mol. The predicted octanol–water partition coefficient (Wildman–Crippen LogP) is 6.50. The molecule has 2 aromatic carbocycles. The van der Waals surface area contributed by atoms with E-state index in [2.05, 4.69) is 15.6 Å². The number of carbonyl (C=O) groups excluding carboxylic acids is 2. The van der Waals surface area contributed by atoms with Crippen molar-refractivity contribution in [2.24, 2.45) is 0 Å². The minimum Gasteiger partial charge on any atom is -0.437 e. The van der Waals surface area contributed by atoms with Gasteiger partial charge in [-0.2, -0.15) is 18.4 Å². The molecule has 0 saturated heterocycles. The van der Waals surface area contributed by atoms with Crippen molar-refractivity contribution in [2.75, 3.05) is 7.05 Å². The number of benzene rings is 2. The van der Waals surface area contributed by atoms with Crippen molar-refractivity contribution in [3.8, 4) is 28.5 Å². The van der Waals surface area contributed by atoms with Crippen LogP contribution in [0.2, 0.25) is 0 Å². The summed E-state index contributed by atoms with van der Waals surface area (Å²) in [7, 11) is 1.43. The molecule has 2 aromatic heterocycles. The predicted molar refractivity (Wildman–Crippen MR) is 145 cm³/mol. The van der Waals surface area contributed by atoms with Gasteiger partial charge in [-0.05, 0) is 51.0 Å². The number of aryl methyl sites for hydroxylation is 2. The monoisotopic (exact) mass is 566 g/mol. The van der Waals surface area contributed by atoms with E-state index in [1.165, 1.54) is 39.1 Å². The van der Waals surface area contributed by atoms with Gasteiger partial charge in [0.05, 0.1) is 28.3 Å². The molecule has 0 spiro atoms. The van der Waals surface area contributed by atoms with Crippen molar-refractivity contribution in [1.82, 2.24) is 15.6 Å². The zero-order valence-electron chi connectivity index (χ0n) is 22.7. The van der Waals surface area contributed by atoms with Gasteiger partial charge in [-0.3, -0.25) is 9.59 Å². The largest absolute Gasteiger partial charge is 0.437 e. The SMILES string of the molecule is CNC(=O)c1c(-c2ccc(C)cc2)oc2nc(CCC(F)(F)F)c(-c3ccc(F)c(C(=O)NC(C)(C)C#N)c3)cc12. The molecule has 0 atom stereocenters. The second-order valence-corrected chi connectivity index (χ2v) is 10.1. The normalized spacial score (nSPS) is 11.8.